The largest absolute Gasteiger partial charge is 0.349 e. The van der Waals surface area contributed by atoms with Crippen LogP contribution in [0.25, 0.3) is 0 Å². The SMILES string of the molecule is Cc1ccc(N2C[C@H](C(=O)NCc3ncc[nH]3)CCC2=O)cc1C. The van der Waals surface area contributed by atoms with Gasteiger partial charge in [-0.05, 0) is 43.5 Å². The molecule has 1 aliphatic rings. The maximum Gasteiger partial charge on any atom is 0.227 e. The van der Waals surface area contributed by atoms with Crippen molar-refractivity contribution in [2.45, 2.75) is 33.2 Å². The van der Waals surface area contributed by atoms with Crippen LogP contribution in [0.4, 0.5) is 5.69 Å². The van der Waals surface area contributed by atoms with E-state index >= 15 is 0 Å². The highest BCUT2D eigenvalue weighted by Gasteiger charge is 2.31. The molecule has 0 bridgehead atoms. The second-order valence-electron chi connectivity index (χ2n) is 6.26. The molecular weight excluding hydrogens is 304 g/mol. The second kappa shape index (κ2) is 6.86. The third-order valence-electron chi connectivity index (χ3n) is 4.57. The van der Waals surface area contributed by atoms with Gasteiger partial charge in [-0.1, -0.05) is 6.07 Å². The number of anilines is 1. The molecule has 2 amide bonds. The molecule has 3 rings (SSSR count). The number of amides is 2. The Hall–Kier alpha value is -2.63. The van der Waals surface area contributed by atoms with Gasteiger partial charge in [-0.25, -0.2) is 4.98 Å². The predicted molar refractivity (Wildman–Crippen MR) is 91.4 cm³/mol. The van der Waals surface area contributed by atoms with Crippen molar-refractivity contribution in [1.82, 2.24) is 15.3 Å². The maximum absolute atomic E-state index is 12.4. The average molecular weight is 326 g/mol. The summed E-state index contributed by atoms with van der Waals surface area (Å²) in [5, 5.41) is 2.89. The summed E-state index contributed by atoms with van der Waals surface area (Å²) in [7, 11) is 0. The summed E-state index contributed by atoms with van der Waals surface area (Å²) in [4.78, 5) is 33.5. The Morgan fingerprint density at radius 3 is 2.92 bits per heavy atom. The molecule has 0 aliphatic carbocycles. The van der Waals surface area contributed by atoms with E-state index in [9.17, 15) is 9.59 Å². The fourth-order valence-electron chi connectivity index (χ4n) is 2.91. The lowest BCUT2D eigenvalue weighted by Gasteiger charge is -2.32. The van der Waals surface area contributed by atoms with E-state index in [0.717, 1.165) is 17.1 Å². The van der Waals surface area contributed by atoms with Crippen LogP contribution in [0.3, 0.4) is 0 Å². The quantitative estimate of drug-likeness (QED) is 0.903. The molecule has 6 heteroatoms. The van der Waals surface area contributed by atoms with Gasteiger partial charge in [0.05, 0.1) is 12.5 Å². The van der Waals surface area contributed by atoms with E-state index < -0.39 is 0 Å². The highest BCUT2D eigenvalue weighted by molar-refractivity contribution is 5.96. The summed E-state index contributed by atoms with van der Waals surface area (Å²) in [5.41, 5.74) is 3.20. The molecule has 1 aromatic carbocycles. The minimum absolute atomic E-state index is 0.0345. The topological polar surface area (TPSA) is 78.1 Å². The minimum atomic E-state index is -0.195. The minimum Gasteiger partial charge on any atom is -0.349 e. The summed E-state index contributed by atoms with van der Waals surface area (Å²) in [6, 6.07) is 5.97. The fourth-order valence-corrected chi connectivity index (χ4v) is 2.91. The number of piperidine rings is 1. The first-order valence-corrected chi connectivity index (χ1v) is 8.18. The molecule has 1 saturated heterocycles. The van der Waals surface area contributed by atoms with E-state index in [1.807, 2.05) is 32.0 Å². The first-order chi connectivity index (χ1) is 11.5. The number of carbonyl (C=O) groups excluding carboxylic acids is 2. The number of nitrogens with one attached hydrogen (secondary N) is 2. The Bertz CT molecular complexity index is 739. The van der Waals surface area contributed by atoms with Crippen LogP contribution < -0.4 is 10.2 Å². The van der Waals surface area contributed by atoms with Gasteiger partial charge in [-0.3, -0.25) is 9.59 Å². The first kappa shape index (κ1) is 16.2. The van der Waals surface area contributed by atoms with E-state index in [-0.39, 0.29) is 17.7 Å². The molecule has 1 atom stereocenters. The molecule has 0 saturated carbocycles. The van der Waals surface area contributed by atoms with Crippen molar-refractivity contribution < 1.29 is 9.59 Å². The predicted octanol–water partition coefficient (Wildman–Crippen LogP) is 2.09. The zero-order valence-corrected chi connectivity index (χ0v) is 14.0. The van der Waals surface area contributed by atoms with Crippen molar-refractivity contribution in [2.75, 3.05) is 11.4 Å². The monoisotopic (exact) mass is 326 g/mol. The van der Waals surface area contributed by atoms with Crippen LogP contribution in [-0.2, 0) is 16.1 Å². The van der Waals surface area contributed by atoms with Gasteiger partial charge < -0.3 is 15.2 Å². The second-order valence-corrected chi connectivity index (χ2v) is 6.26. The van der Waals surface area contributed by atoms with Gasteiger partial charge in [0.1, 0.15) is 5.82 Å². The van der Waals surface area contributed by atoms with Gasteiger partial charge in [-0.15, -0.1) is 0 Å². The zero-order chi connectivity index (χ0) is 17.1. The van der Waals surface area contributed by atoms with E-state index in [2.05, 4.69) is 15.3 Å². The van der Waals surface area contributed by atoms with Gasteiger partial charge in [0.25, 0.3) is 0 Å². The Morgan fingerprint density at radius 2 is 2.21 bits per heavy atom. The molecule has 2 aromatic rings. The van der Waals surface area contributed by atoms with Crippen LogP contribution in [0.15, 0.2) is 30.6 Å². The molecule has 1 aliphatic heterocycles. The Morgan fingerprint density at radius 1 is 1.38 bits per heavy atom. The van der Waals surface area contributed by atoms with Gasteiger partial charge in [0.2, 0.25) is 11.8 Å². The van der Waals surface area contributed by atoms with Crippen molar-refractivity contribution >= 4 is 17.5 Å². The van der Waals surface area contributed by atoms with Crippen LogP contribution in [0, 0.1) is 19.8 Å². The van der Waals surface area contributed by atoms with E-state index in [1.165, 1.54) is 5.56 Å². The lowest BCUT2D eigenvalue weighted by atomic mass is 9.95. The van der Waals surface area contributed by atoms with E-state index in [0.29, 0.717) is 25.9 Å². The standard InChI is InChI=1S/C18H22N4O2/c1-12-3-5-15(9-13(12)2)22-11-14(4-6-17(22)23)18(24)21-10-16-19-7-8-20-16/h3,5,7-9,14H,4,6,10-11H2,1-2H3,(H,19,20)(H,21,24)/t14-/m1/s1. The fraction of sp³-hybridized carbons (Fsp3) is 0.389. The number of nitrogens with zero attached hydrogens (tertiary/aromatic N) is 2. The van der Waals surface area contributed by atoms with Crippen molar-refractivity contribution in [1.29, 1.82) is 0 Å². The van der Waals surface area contributed by atoms with Crippen LogP contribution in [0.2, 0.25) is 0 Å². The lowest BCUT2D eigenvalue weighted by molar-refractivity contribution is -0.127. The summed E-state index contributed by atoms with van der Waals surface area (Å²) < 4.78 is 0. The van der Waals surface area contributed by atoms with Crippen molar-refractivity contribution in [3.05, 3.63) is 47.5 Å². The third-order valence-corrected chi connectivity index (χ3v) is 4.57. The molecule has 24 heavy (non-hydrogen) atoms. The molecule has 0 spiro atoms. The summed E-state index contributed by atoms with van der Waals surface area (Å²) >= 11 is 0. The van der Waals surface area contributed by atoms with Crippen LogP contribution >= 0.6 is 0 Å². The zero-order valence-electron chi connectivity index (χ0n) is 14.0. The van der Waals surface area contributed by atoms with Crippen molar-refractivity contribution in [3.63, 3.8) is 0 Å². The number of aromatic amines is 1. The molecular formula is C18H22N4O2. The lowest BCUT2D eigenvalue weighted by Crippen LogP contribution is -2.45. The number of imidazole rings is 1. The molecule has 6 nitrogen and oxygen atoms in total. The number of hydrogen-bond donors (Lipinski definition) is 2. The number of carbonyl (C=O) groups is 2. The number of aromatic nitrogens is 2. The molecule has 1 fully saturated rings. The molecule has 0 radical (unpaired) electrons. The Balaban J connectivity index is 1.67. The summed E-state index contributed by atoms with van der Waals surface area (Å²) in [6.45, 7) is 4.87. The number of aryl methyl sites for hydroxylation is 2. The van der Waals surface area contributed by atoms with Gasteiger partial charge >= 0.3 is 0 Å². The highest BCUT2D eigenvalue weighted by atomic mass is 16.2. The smallest absolute Gasteiger partial charge is 0.227 e. The van der Waals surface area contributed by atoms with E-state index in [1.54, 1.807) is 17.3 Å². The molecule has 2 N–H and O–H groups in total. The van der Waals surface area contributed by atoms with Crippen molar-refractivity contribution in [2.24, 2.45) is 5.92 Å². The summed E-state index contributed by atoms with van der Waals surface area (Å²) in [5.74, 6) is 0.571. The highest BCUT2D eigenvalue weighted by Crippen LogP contribution is 2.26. The van der Waals surface area contributed by atoms with Gasteiger partial charge in [0.15, 0.2) is 0 Å². The van der Waals surface area contributed by atoms with Gasteiger partial charge in [-0.2, -0.15) is 0 Å². The maximum atomic E-state index is 12.4. The van der Waals surface area contributed by atoms with Crippen LogP contribution in [0.1, 0.15) is 29.8 Å². The Kier molecular flexibility index (Phi) is 4.64. The van der Waals surface area contributed by atoms with Crippen LogP contribution in [-0.4, -0.2) is 28.3 Å². The number of H-pyrrole nitrogens is 1. The molecule has 126 valence electrons. The molecule has 0 unspecified atom stereocenters. The van der Waals surface area contributed by atoms with Crippen LogP contribution in [0.5, 0.6) is 0 Å². The average Bonchev–Trinajstić information content (AvgIpc) is 3.09. The first-order valence-electron chi connectivity index (χ1n) is 8.18. The number of hydrogen-bond acceptors (Lipinski definition) is 3. The van der Waals surface area contributed by atoms with Gasteiger partial charge in [0, 0.05) is 31.0 Å². The number of benzene rings is 1. The molecule has 1 aromatic heterocycles. The molecule has 2 heterocycles. The van der Waals surface area contributed by atoms with E-state index in [4.69, 9.17) is 0 Å². The third kappa shape index (κ3) is 3.48. The normalized spacial score (nSPS) is 17.8. The summed E-state index contributed by atoms with van der Waals surface area (Å²) in [6.07, 6.45) is 4.36. The van der Waals surface area contributed by atoms with Crippen molar-refractivity contribution in [3.8, 4) is 0 Å². The number of rotatable bonds is 4. The Labute approximate surface area is 141 Å².